The van der Waals surface area contributed by atoms with Crippen LogP contribution >= 0.6 is 0 Å². The average Bonchev–Trinajstić information content (AvgIpc) is 3.67. The van der Waals surface area contributed by atoms with Crippen LogP contribution in [-0.4, -0.2) is 50.1 Å². The van der Waals surface area contributed by atoms with Crippen LogP contribution in [0.15, 0.2) is 55.1 Å². The molecule has 1 aliphatic heterocycles. The summed E-state index contributed by atoms with van der Waals surface area (Å²) >= 11 is 0. The van der Waals surface area contributed by atoms with E-state index in [1.54, 1.807) is 24.3 Å². The minimum atomic E-state index is -4.55. The zero-order valence-electron chi connectivity index (χ0n) is 23.9. The largest absolute Gasteiger partial charge is 0.416 e. The molecule has 7 rings (SSSR count). The van der Waals surface area contributed by atoms with Crippen LogP contribution in [0.4, 0.5) is 24.8 Å². The third-order valence-electron chi connectivity index (χ3n) is 9.48. The number of fused-ring (bicyclic) bond motifs is 3. The van der Waals surface area contributed by atoms with E-state index >= 15 is 0 Å². The van der Waals surface area contributed by atoms with Crippen molar-refractivity contribution in [1.82, 2.24) is 24.8 Å². The van der Waals surface area contributed by atoms with Crippen molar-refractivity contribution < 1.29 is 27.5 Å². The van der Waals surface area contributed by atoms with Gasteiger partial charge in [-0.05, 0) is 68.9 Å². The number of aromatic nitrogens is 4. The number of carbonyl (C=O) groups is 2. The zero-order chi connectivity index (χ0) is 30.9. The first-order valence-electron chi connectivity index (χ1n) is 14.4. The van der Waals surface area contributed by atoms with Crippen LogP contribution < -0.4 is 16.4 Å². The van der Waals surface area contributed by atoms with Crippen molar-refractivity contribution in [2.45, 2.75) is 56.3 Å². The number of rotatable bonds is 6. The molecule has 4 heterocycles. The Bertz CT molecular complexity index is 1790. The van der Waals surface area contributed by atoms with E-state index in [9.17, 15) is 22.8 Å². The third kappa shape index (κ3) is 4.57. The van der Waals surface area contributed by atoms with Crippen LogP contribution in [0, 0.1) is 5.41 Å². The Balaban J connectivity index is 1.16. The molecule has 10 nitrogen and oxygen atoms in total. The number of amides is 2. The maximum Gasteiger partial charge on any atom is 0.416 e. The molecular weight excluding hydrogens is 575 g/mol. The molecule has 4 aromatic rings. The van der Waals surface area contributed by atoms with Gasteiger partial charge in [0.1, 0.15) is 23.6 Å². The molecule has 0 spiro atoms. The van der Waals surface area contributed by atoms with Crippen molar-refractivity contribution in [3.05, 3.63) is 66.2 Å². The lowest BCUT2D eigenvalue weighted by atomic mass is 9.85. The fourth-order valence-electron chi connectivity index (χ4n) is 6.93. The van der Waals surface area contributed by atoms with E-state index in [0.717, 1.165) is 61.6 Å². The highest BCUT2D eigenvalue weighted by atomic mass is 19.4. The first kappa shape index (κ1) is 28.3. The molecule has 2 amide bonds. The number of ether oxygens (including phenoxy) is 1. The number of nitrogens with zero attached hydrogens (tertiary/aromatic N) is 4. The SMILES string of the molecule is CC1(C(=O)NC23CCC(n4cc(-c5ccc(C(=O)Nc6cc(C(F)(F)F)ccn6)cc5)c5c(N)ncnc54)(CC2)C3)COC1. The van der Waals surface area contributed by atoms with Crippen LogP contribution in [0.1, 0.15) is 54.9 Å². The summed E-state index contributed by atoms with van der Waals surface area (Å²) in [6.45, 7) is 2.80. The van der Waals surface area contributed by atoms with Gasteiger partial charge in [0.15, 0.2) is 0 Å². The van der Waals surface area contributed by atoms with Crippen molar-refractivity contribution >= 4 is 34.5 Å². The van der Waals surface area contributed by atoms with Gasteiger partial charge in [-0.2, -0.15) is 13.2 Å². The summed E-state index contributed by atoms with van der Waals surface area (Å²) in [7, 11) is 0. The van der Waals surface area contributed by atoms with E-state index in [4.69, 9.17) is 10.5 Å². The zero-order valence-corrected chi connectivity index (χ0v) is 23.9. The van der Waals surface area contributed by atoms with E-state index in [-0.39, 0.29) is 28.4 Å². The van der Waals surface area contributed by atoms with Gasteiger partial charge in [-0.1, -0.05) is 12.1 Å². The molecular formula is C31H30F3N7O3. The van der Waals surface area contributed by atoms with Crippen molar-refractivity contribution in [2.24, 2.45) is 5.41 Å². The second-order valence-corrected chi connectivity index (χ2v) is 12.5. The Hall–Kier alpha value is -4.52. The fraction of sp³-hybridized carbons (Fsp3) is 0.387. The highest BCUT2D eigenvalue weighted by Crippen LogP contribution is 2.56. The molecule has 228 valence electrons. The van der Waals surface area contributed by atoms with Gasteiger partial charge in [0.2, 0.25) is 5.91 Å². The minimum Gasteiger partial charge on any atom is -0.383 e. The van der Waals surface area contributed by atoms with Crippen molar-refractivity contribution in [3.63, 3.8) is 0 Å². The number of hydrogen-bond donors (Lipinski definition) is 3. The van der Waals surface area contributed by atoms with Crippen molar-refractivity contribution in [1.29, 1.82) is 0 Å². The molecule has 3 fully saturated rings. The molecule has 0 radical (unpaired) electrons. The van der Waals surface area contributed by atoms with E-state index in [1.165, 1.54) is 6.33 Å². The predicted molar refractivity (Wildman–Crippen MR) is 155 cm³/mol. The van der Waals surface area contributed by atoms with Crippen LogP contribution in [-0.2, 0) is 21.2 Å². The number of benzene rings is 1. The van der Waals surface area contributed by atoms with E-state index in [0.29, 0.717) is 30.1 Å². The van der Waals surface area contributed by atoms with Gasteiger partial charge in [0, 0.05) is 34.6 Å². The highest BCUT2D eigenvalue weighted by molar-refractivity contribution is 6.05. The number of nitrogens with two attached hydrogens (primary N) is 1. The fourth-order valence-corrected chi connectivity index (χ4v) is 6.93. The van der Waals surface area contributed by atoms with E-state index in [1.807, 2.05) is 13.1 Å². The van der Waals surface area contributed by atoms with Gasteiger partial charge in [-0.3, -0.25) is 9.59 Å². The average molecular weight is 606 g/mol. The highest BCUT2D eigenvalue weighted by Gasteiger charge is 2.57. The summed E-state index contributed by atoms with van der Waals surface area (Å²) in [6, 6.07) is 8.33. The van der Waals surface area contributed by atoms with E-state index in [2.05, 4.69) is 30.2 Å². The number of hydrogen-bond acceptors (Lipinski definition) is 7. The Labute approximate surface area is 250 Å². The van der Waals surface area contributed by atoms with Gasteiger partial charge in [-0.15, -0.1) is 0 Å². The lowest BCUT2D eigenvalue weighted by Crippen LogP contribution is -2.57. The lowest BCUT2D eigenvalue weighted by Gasteiger charge is -2.39. The second kappa shape index (κ2) is 9.74. The minimum absolute atomic E-state index is 0.0408. The first-order valence-corrected chi connectivity index (χ1v) is 14.4. The molecule has 1 saturated heterocycles. The van der Waals surface area contributed by atoms with Crippen molar-refractivity contribution in [2.75, 3.05) is 24.3 Å². The quantitative estimate of drug-likeness (QED) is 0.284. The Morgan fingerprint density at radius 3 is 2.41 bits per heavy atom. The molecule has 0 unspecified atom stereocenters. The van der Waals surface area contributed by atoms with Crippen molar-refractivity contribution in [3.8, 4) is 11.1 Å². The number of pyridine rings is 1. The maximum absolute atomic E-state index is 13.1. The second-order valence-electron chi connectivity index (χ2n) is 12.5. The van der Waals surface area contributed by atoms with Crippen LogP contribution in [0.2, 0.25) is 0 Å². The molecule has 4 N–H and O–H groups in total. The van der Waals surface area contributed by atoms with Gasteiger partial charge in [-0.25, -0.2) is 15.0 Å². The number of halogens is 3. The molecule has 2 bridgehead atoms. The molecule has 3 aromatic heterocycles. The molecule has 0 atom stereocenters. The number of anilines is 2. The summed E-state index contributed by atoms with van der Waals surface area (Å²) in [5.41, 5.74) is 6.99. The predicted octanol–water partition coefficient (Wildman–Crippen LogP) is 4.91. The first-order chi connectivity index (χ1) is 20.9. The summed E-state index contributed by atoms with van der Waals surface area (Å²) in [5.74, 6) is -0.424. The normalized spacial score (nSPS) is 23.8. The number of nitrogen functional groups attached to an aromatic ring is 1. The van der Waals surface area contributed by atoms with Crippen LogP contribution in [0.3, 0.4) is 0 Å². The Kier molecular flexibility index (Phi) is 6.26. The summed E-state index contributed by atoms with van der Waals surface area (Å²) in [6.07, 6.45) is 4.16. The smallest absolute Gasteiger partial charge is 0.383 e. The molecule has 2 aliphatic carbocycles. The standard InChI is InChI=1S/C31H30F3N7O3/c1-28(15-44-16-28)27(43)40-29-7-9-30(14-29,10-8-29)41-13-21(23-24(35)37-17-38-25(23)41)18-2-4-19(5-3-18)26(42)39-22-12-20(6-11-36-22)31(32,33)34/h2-6,11-13,17H,7-10,14-16H2,1H3,(H,40,43)(H2,35,37,38)(H,36,39,42). The van der Waals surface area contributed by atoms with Gasteiger partial charge >= 0.3 is 6.18 Å². The number of nitrogens with one attached hydrogen (secondary N) is 2. The van der Waals surface area contributed by atoms with Crippen LogP contribution in [0.25, 0.3) is 22.2 Å². The van der Waals surface area contributed by atoms with Crippen LogP contribution in [0.5, 0.6) is 0 Å². The molecule has 13 heteroatoms. The Morgan fingerprint density at radius 2 is 1.75 bits per heavy atom. The summed E-state index contributed by atoms with van der Waals surface area (Å²) in [5, 5.41) is 6.50. The monoisotopic (exact) mass is 605 g/mol. The van der Waals surface area contributed by atoms with Gasteiger partial charge < -0.3 is 25.7 Å². The molecule has 2 saturated carbocycles. The molecule has 3 aliphatic rings. The summed E-state index contributed by atoms with van der Waals surface area (Å²) in [4.78, 5) is 38.6. The van der Waals surface area contributed by atoms with Gasteiger partial charge in [0.05, 0.1) is 29.6 Å². The maximum atomic E-state index is 13.1. The Morgan fingerprint density at radius 1 is 1.02 bits per heavy atom. The number of alkyl halides is 3. The van der Waals surface area contributed by atoms with E-state index < -0.39 is 23.1 Å². The molecule has 1 aromatic carbocycles. The number of carbonyl (C=O) groups excluding carboxylic acids is 2. The van der Waals surface area contributed by atoms with Gasteiger partial charge in [0.25, 0.3) is 5.91 Å². The topological polar surface area (TPSA) is 137 Å². The lowest BCUT2D eigenvalue weighted by molar-refractivity contribution is -0.159. The summed E-state index contributed by atoms with van der Waals surface area (Å²) < 4.78 is 46.7. The molecule has 44 heavy (non-hydrogen) atoms. The third-order valence-corrected chi connectivity index (χ3v) is 9.48.